The molecule has 0 saturated heterocycles. The monoisotopic (exact) mass is 294 g/mol. The number of halogens is 4. The van der Waals surface area contributed by atoms with Gasteiger partial charge in [-0.05, 0) is 38.0 Å². The minimum absolute atomic E-state index is 0.0464. The molecule has 1 aromatic rings. The third-order valence-electron chi connectivity index (χ3n) is 2.91. The van der Waals surface area contributed by atoms with Crippen LogP contribution in [0, 0.1) is 0 Å². The van der Waals surface area contributed by atoms with E-state index in [1.807, 2.05) is 13.0 Å². The predicted molar refractivity (Wildman–Crippen MR) is 72.4 cm³/mol. The zero-order chi connectivity index (χ0) is 14.5. The molecule has 1 aromatic carbocycles. The Hall–Kier alpha value is -0.940. The minimum atomic E-state index is -4.12. The lowest BCUT2D eigenvalue weighted by molar-refractivity contribution is -0.136. The summed E-state index contributed by atoms with van der Waals surface area (Å²) in [5, 5.41) is 3.72. The second kappa shape index (κ2) is 6.48. The highest BCUT2D eigenvalue weighted by atomic mass is 35.5. The Labute approximate surface area is 116 Å². The van der Waals surface area contributed by atoms with E-state index in [1.165, 1.54) is 0 Å². The van der Waals surface area contributed by atoms with E-state index >= 15 is 0 Å². The van der Waals surface area contributed by atoms with E-state index in [4.69, 9.17) is 17.3 Å². The number of benzene rings is 1. The number of hydrogen-bond donors (Lipinski definition) is 2. The van der Waals surface area contributed by atoms with Crippen molar-refractivity contribution in [2.24, 2.45) is 5.73 Å². The fourth-order valence-electron chi connectivity index (χ4n) is 1.81. The van der Waals surface area contributed by atoms with Crippen molar-refractivity contribution >= 4 is 17.3 Å². The van der Waals surface area contributed by atoms with Crippen molar-refractivity contribution in [2.45, 2.75) is 37.9 Å². The molecule has 0 aliphatic rings. The largest absolute Gasteiger partial charge is 0.389 e. The number of alkyl halides is 3. The molecule has 0 bridgehead atoms. The maximum atomic E-state index is 12.1. The fourth-order valence-corrected chi connectivity index (χ4v) is 2.00. The van der Waals surface area contributed by atoms with E-state index in [2.05, 4.69) is 5.32 Å². The summed E-state index contributed by atoms with van der Waals surface area (Å²) in [6.45, 7) is 2.06. The van der Waals surface area contributed by atoms with Gasteiger partial charge in [-0.25, -0.2) is 0 Å². The van der Waals surface area contributed by atoms with Gasteiger partial charge in [-0.15, -0.1) is 0 Å². The predicted octanol–water partition coefficient (Wildman–Crippen LogP) is 4.20. The van der Waals surface area contributed by atoms with Gasteiger partial charge >= 0.3 is 6.18 Å². The first-order valence-electron chi connectivity index (χ1n) is 6.05. The average Bonchev–Trinajstić information content (AvgIpc) is 2.27. The standard InChI is InChI=1S/C13H18ClF3N2/c1-12(9-18,6-3-7-13(15,16)17)19-11-5-2-4-10(14)8-11/h2,4-5,8,19H,3,6-7,9,18H2,1H3. The van der Waals surface area contributed by atoms with Crippen molar-refractivity contribution in [1.82, 2.24) is 0 Å². The van der Waals surface area contributed by atoms with Crippen molar-refractivity contribution in [3.8, 4) is 0 Å². The first-order chi connectivity index (χ1) is 8.74. The van der Waals surface area contributed by atoms with Crippen LogP contribution in [-0.2, 0) is 0 Å². The van der Waals surface area contributed by atoms with Crippen molar-refractivity contribution in [3.05, 3.63) is 29.3 Å². The summed E-state index contributed by atoms with van der Waals surface area (Å²) in [4.78, 5) is 0. The summed E-state index contributed by atoms with van der Waals surface area (Å²) in [5.41, 5.74) is 5.85. The van der Waals surface area contributed by atoms with Gasteiger partial charge in [0, 0.05) is 29.2 Å². The Morgan fingerprint density at radius 3 is 2.47 bits per heavy atom. The molecule has 0 heterocycles. The zero-order valence-electron chi connectivity index (χ0n) is 10.7. The van der Waals surface area contributed by atoms with Gasteiger partial charge in [0.25, 0.3) is 0 Å². The smallest absolute Gasteiger partial charge is 0.379 e. The van der Waals surface area contributed by atoms with Crippen molar-refractivity contribution in [2.75, 3.05) is 11.9 Å². The number of nitrogens with two attached hydrogens (primary N) is 1. The first kappa shape index (κ1) is 16.1. The van der Waals surface area contributed by atoms with Gasteiger partial charge in [0.1, 0.15) is 0 Å². The molecule has 0 amide bonds. The van der Waals surface area contributed by atoms with Crippen LogP contribution in [0.25, 0.3) is 0 Å². The molecule has 1 rings (SSSR count). The highest BCUT2D eigenvalue weighted by Gasteiger charge is 2.29. The van der Waals surface area contributed by atoms with Gasteiger partial charge < -0.3 is 11.1 Å². The third-order valence-corrected chi connectivity index (χ3v) is 3.15. The van der Waals surface area contributed by atoms with Crippen molar-refractivity contribution < 1.29 is 13.2 Å². The molecule has 0 saturated carbocycles. The molecule has 19 heavy (non-hydrogen) atoms. The maximum Gasteiger partial charge on any atom is 0.389 e. The molecule has 108 valence electrons. The van der Waals surface area contributed by atoms with E-state index in [9.17, 15) is 13.2 Å². The van der Waals surface area contributed by atoms with Crippen LogP contribution < -0.4 is 11.1 Å². The summed E-state index contributed by atoms with van der Waals surface area (Å²) in [6, 6.07) is 7.04. The molecule has 3 N–H and O–H groups in total. The Kier molecular flexibility index (Phi) is 5.50. The first-order valence-corrected chi connectivity index (χ1v) is 6.42. The number of nitrogens with one attached hydrogen (secondary N) is 1. The Bertz CT molecular complexity index is 409. The van der Waals surface area contributed by atoms with E-state index in [0.717, 1.165) is 5.69 Å². The third kappa shape index (κ3) is 6.16. The highest BCUT2D eigenvalue weighted by Crippen LogP contribution is 2.27. The SMILES string of the molecule is CC(CN)(CCCC(F)(F)F)Nc1cccc(Cl)c1. The Balaban J connectivity index is 2.60. The van der Waals surface area contributed by atoms with Crippen LogP contribution in [0.4, 0.5) is 18.9 Å². The second-order valence-electron chi connectivity index (χ2n) is 4.87. The summed E-state index contributed by atoms with van der Waals surface area (Å²) in [6.07, 6.45) is -4.52. The molecule has 0 aromatic heterocycles. The molecule has 0 spiro atoms. The molecule has 0 fully saturated rings. The van der Waals surface area contributed by atoms with Gasteiger partial charge in [-0.2, -0.15) is 13.2 Å². The quantitative estimate of drug-likeness (QED) is 0.825. The topological polar surface area (TPSA) is 38.0 Å². The molecular formula is C13H18ClF3N2. The van der Waals surface area contributed by atoms with Gasteiger partial charge in [0.05, 0.1) is 0 Å². The summed E-state index contributed by atoms with van der Waals surface area (Å²) in [5.74, 6) is 0. The Morgan fingerprint density at radius 2 is 1.95 bits per heavy atom. The molecule has 0 aliphatic heterocycles. The molecule has 1 atom stereocenters. The lowest BCUT2D eigenvalue weighted by Gasteiger charge is -2.31. The van der Waals surface area contributed by atoms with Crippen LogP contribution in [-0.4, -0.2) is 18.3 Å². The van der Waals surface area contributed by atoms with E-state index < -0.39 is 18.1 Å². The summed E-state index contributed by atoms with van der Waals surface area (Å²) < 4.78 is 36.4. The summed E-state index contributed by atoms with van der Waals surface area (Å²) in [7, 11) is 0. The van der Waals surface area contributed by atoms with E-state index in [-0.39, 0.29) is 13.0 Å². The second-order valence-corrected chi connectivity index (χ2v) is 5.31. The zero-order valence-corrected chi connectivity index (χ0v) is 11.5. The minimum Gasteiger partial charge on any atom is -0.379 e. The van der Waals surface area contributed by atoms with Crippen LogP contribution in [0.3, 0.4) is 0 Å². The molecule has 0 radical (unpaired) electrons. The number of anilines is 1. The van der Waals surface area contributed by atoms with Crippen molar-refractivity contribution in [1.29, 1.82) is 0 Å². The maximum absolute atomic E-state index is 12.1. The van der Waals surface area contributed by atoms with Crippen LogP contribution >= 0.6 is 11.6 Å². The van der Waals surface area contributed by atoms with Gasteiger partial charge in [-0.3, -0.25) is 0 Å². The van der Waals surface area contributed by atoms with Gasteiger partial charge in [-0.1, -0.05) is 17.7 Å². The van der Waals surface area contributed by atoms with Crippen LogP contribution in [0.2, 0.25) is 5.02 Å². The van der Waals surface area contributed by atoms with Crippen LogP contribution in [0.5, 0.6) is 0 Å². The van der Waals surface area contributed by atoms with Crippen LogP contribution in [0.15, 0.2) is 24.3 Å². The van der Waals surface area contributed by atoms with E-state index in [1.54, 1.807) is 18.2 Å². The summed E-state index contributed by atoms with van der Waals surface area (Å²) >= 11 is 5.86. The van der Waals surface area contributed by atoms with E-state index in [0.29, 0.717) is 11.4 Å². The van der Waals surface area contributed by atoms with Crippen molar-refractivity contribution in [3.63, 3.8) is 0 Å². The van der Waals surface area contributed by atoms with Crippen LogP contribution in [0.1, 0.15) is 26.2 Å². The molecule has 0 aliphatic carbocycles. The fraction of sp³-hybridized carbons (Fsp3) is 0.538. The molecule has 2 nitrogen and oxygen atoms in total. The normalized spacial score (nSPS) is 15.1. The molecule has 6 heteroatoms. The number of hydrogen-bond acceptors (Lipinski definition) is 2. The van der Waals surface area contributed by atoms with Gasteiger partial charge in [0.2, 0.25) is 0 Å². The van der Waals surface area contributed by atoms with Gasteiger partial charge in [0.15, 0.2) is 0 Å². The number of rotatable bonds is 6. The molecule has 1 unspecified atom stereocenters. The lowest BCUT2D eigenvalue weighted by Crippen LogP contribution is -2.42. The lowest BCUT2D eigenvalue weighted by atomic mass is 9.94. The highest BCUT2D eigenvalue weighted by molar-refractivity contribution is 6.30. The average molecular weight is 295 g/mol. The molecular weight excluding hydrogens is 277 g/mol. The Morgan fingerprint density at radius 1 is 1.26 bits per heavy atom.